The van der Waals surface area contributed by atoms with E-state index in [1.807, 2.05) is 41.1 Å². The molecule has 1 N–H and O–H groups in total. The number of rotatable bonds is 3. The molecule has 0 bridgehead atoms. The number of nitrogens with zero attached hydrogens (tertiary/aromatic N) is 1. The van der Waals surface area contributed by atoms with Crippen LogP contribution in [-0.4, -0.2) is 41.6 Å². The molecule has 2 aliphatic heterocycles. The van der Waals surface area contributed by atoms with Crippen LogP contribution in [0.2, 0.25) is 0 Å². The highest BCUT2D eigenvalue weighted by molar-refractivity contribution is 7.08. The van der Waals surface area contributed by atoms with Crippen molar-refractivity contribution in [3.8, 4) is 5.75 Å². The van der Waals surface area contributed by atoms with Gasteiger partial charge in [0.25, 0.3) is 0 Å². The van der Waals surface area contributed by atoms with Crippen molar-refractivity contribution in [3.63, 3.8) is 0 Å². The summed E-state index contributed by atoms with van der Waals surface area (Å²) in [6.45, 7) is 1.00. The SMILES string of the molecule is O=C(Cc1ccsc1)N1CC2COc3ccccc3C[C@@]2(C(=O)O)C1. The van der Waals surface area contributed by atoms with E-state index in [0.717, 1.165) is 16.9 Å². The van der Waals surface area contributed by atoms with Gasteiger partial charge in [0.15, 0.2) is 0 Å². The largest absolute Gasteiger partial charge is 0.493 e. The summed E-state index contributed by atoms with van der Waals surface area (Å²) in [5.74, 6) is -0.304. The molecule has 1 saturated heterocycles. The van der Waals surface area contributed by atoms with Crippen molar-refractivity contribution in [3.05, 3.63) is 52.2 Å². The second-order valence-electron chi connectivity index (χ2n) is 6.84. The molecule has 5 nitrogen and oxygen atoms in total. The van der Waals surface area contributed by atoms with Crippen LogP contribution in [-0.2, 0) is 22.4 Å². The van der Waals surface area contributed by atoms with Crippen molar-refractivity contribution in [2.75, 3.05) is 19.7 Å². The van der Waals surface area contributed by atoms with Crippen molar-refractivity contribution >= 4 is 23.2 Å². The molecule has 1 aromatic carbocycles. The van der Waals surface area contributed by atoms with Gasteiger partial charge >= 0.3 is 5.97 Å². The first-order valence-corrected chi connectivity index (χ1v) is 9.26. The molecule has 3 heterocycles. The quantitative estimate of drug-likeness (QED) is 0.916. The van der Waals surface area contributed by atoms with Crippen molar-refractivity contribution in [1.29, 1.82) is 0 Å². The van der Waals surface area contributed by atoms with Gasteiger partial charge in [0.2, 0.25) is 5.91 Å². The molecule has 0 saturated carbocycles. The molecular weight excluding hydrogens is 338 g/mol. The first-order valence-electron chi connectivity index (χ1n) is 8.31. The number of carboxylic acid groups (broad SMARTS) is 1. The van der Waals surface area contributed by atoms with Gasteiger partial charge in [-0.1, -0.05) is 18.2 Å². The maximum Gasteiger partial charge on any atom is 0.312 e. The lowest BCUT2D eigenvalue weighted by molar-refractivity contribution is -0.151. The van der Waals surface area contributed by atoms with E-state index in [1.165, 1.54) is 0 Å². The van der Waals surface area contributed by atoms with E-state index >= 15 is 0 Å². The third kappa shape index (κ3) is 2.80. The number of carbonyl (C=O) groups is 2. The molecular formula is C19H19NO4S. The fourth-order valence-electron chi connectivity index (χ4n) is 3.90. The second kappa shape index (κ2) is 6.19. The molecule has 1 unspecified atom stereocenters. The highest BCUT2D eigenvalue weighted by Gasteiger charge is 2.55. The van der Waals surface area contributed by atoms with Crippen molar-refractivity contribution in [2.45, 2.75) is 12.8 Å². The number of carboxylic acids is 1. The van der Waals surface area contributed by atoms with Crippen LogP contribution in [0.5, 0.6) is 5.75 Å². The van der Waals surface area contributed by atoms with E-state index in [2.05, 4.69) is 0 Å². The van der Waals surface area contributed by atoms with Crippen LogP contribution >= 0.6 is 11.3 Å². The normalized spacial score (nSPS) is 24.8. The van der Waals surface area contributed by atoms with E-state index < -0.39 is 11.4 Å². The maximum atomic E-state index is 12.6. The number of para-hydroxylation sites is 1. The molecule has 0 spiro atoms. The van der Waals surface area contributed by atoms with E-state index in [0.29, 0.717) is 26.0 Å². The van der Waals surface area contributed by atoms with Crippen LogP contribution in [0.3, 0.4) is 0 Å². The van der Waals surface area contributed by atoms with Crippen molar-refractivity contribution in [2.24, 2.45) is 11.3 Å². The lowest BCUT2D eigenvalue weighted by Crippen LogP contribution is -2.42. The Hall–Kier alpha value is -2.34. The number of amides is 1. The third-order valence-corrected chi connectivity index (χ3v) is 6.06. The fourth-order valence-corrected chi connectivity index (χ4v) is 4.56. The topological polar surface area (TPSA) is 66.8 Å². The number of likely N-dealkylation sites (tertiary alicyclic amines) is 1. The van der Waals surface area contributed by atoms with Gasteiger partial charge in [-0.2, -0.15) is 11.3 Å². The van der Waals surface area contributed by atoms with Gasteiger partial charge < -0.3 is 14.7 Å². The summed E-state index contributed by atoms with van der Waals surface area (Å²) < 4.78 is 5.87. The zero-order chi connectivity index (χ0) is 17.4. The molecule has 1 amide bonds. The second-order valence-corrected chi connectivity index (χ2v) is 7.62. The highest BCUT2D eigenvalue weighted by Crippen LogP contribution is 2.44. The molecule has 1 fully saturated rings. The zero-order valence-electron chi connectivity index (χ0n) is 13.7. The van der Waals surface area contributed by atoms with Gasteiger partial charge in [-0.3, -0.25) is 9.59 Å². The summed E-state index contributed by atoms with van der Waals surface area (Å²) in [5, 5.41) is 13.9. The highest BCUT2D eigenvalue weighted by atomic mass is 32.1. The molecule has 25 heavy (non-hydrogen) atoms. The van der Waals surface area contributed by atoms with Crippen LogP contribution in [0.25, 0.3) is 0 Å². The van der Waals surface area contributed by atoms with E-state index in [-0.39, 0.29) is 18.4 Å². The number of aliphatic carboxylic acids is 1. The minimum absolute atomic E-state index is 0.0135. The number of thiophene rings is 1. The zero-order valence-corrected chi connectivity index (χ0v) is 14.5. The molecule has 130 valence electrons. The summed E-state index contributed by atoms with van der Waals surface area (Å²) in [5.41, 5.74) is 0.907. The average molecular weight is 357 g/mol. The van der Waals surface area contributed by atoms with Crippen LogP contribution in [0, 0.1) is 11.3 Å². The van der Waals surface area contributed by atoms with Gasteiger partial charge in [-0.25, -0.2) is 0 Å². The third-order valence-electron chi connectivity index (χ3n) is 5.33. The number of carbonyl (C=O) groups excluding carboxylic acids is 1. The fraction of sp³-hybridized carbons (Fsp3) is 0.368. The number of ether oxygens (including phenoxy) is 1. The predicted molar refractivity (Wildman–Crippen MR) is 93.8 cm³/mol. The van der Waals surface area contributed by atoms with Gasteiger partial charge in [-0.05, 0) is 40.4 Å². The Kier molecular flexibility index (Phi) is 4.00. The molecule has 4 rings (SSSR count). The smallest absolute Gasteiger partial charge is 0.312 e. The Labute approximate surface area is 149 Å². The van der Waals surface area contributed by atoms with Crippen LogP contribution < -0.4 is 4.74 Å². The lowest BCUT2D eigenvalue weighted by Gasteiger charge is -2.27. The standard InChI is InChI=1S/C19H19NO4S/c21-17(7-13-5-6-25-11-13)20-9-15-10-24-16-4-2-1-3-14(16)8-19(15,12-20)18(22)23/h1-6,11,15H,7-10,12H2,(H,22,23)/t15?,19-/m1/s1. The summed E-state index contributed by atoms with van der Waals surface area (Å²) in [4.78, 5) is 26.6. The molecule has 2 aromatic rings. The maximum absolute atomic E-state index is 12.6. The van der Waals surface area contributed by atoms with E-state index in [4.69, 9.17) is 4.74 Å². The summed E-state index contributed by atoms with van der Waals surface area (Å²) in [7, 11) is 0. The summed E-state index contributed by atoms with van der Waals surface area (Å²) in [6.07, 6.45) is 0.717. The van der Waals surface area contributed by atoms with E-state index in [1.54, 1.807) is 16.2 Å². The summed E-state index contributed by atoms with van der Waals surface area (Å²) in [6, 6.07) is 9.52. The Balaban J connectivity index is 1.60. The van der Waals surface area contributed by atoms with Gasteiger partial charge in [0.1, 0.15) is 5.75 Å². The Morgan fingerprint density at radius 3 is 2.92 bits per heavy atom. The minimum atomic E-state index is -0.975. The first-order chi connectivity index (χ1) is 12.1. The van der Waals surface area contributed by atoms with Gasteiger partial charge in [0.05, 0.1) is 18.4 Å². The Bertz CT molecular complexity index is 804. The summed E-state index contributed by atoms with van der Waals surface area (Å²) >= 11 is 1.56. The van der Waals surface area contributed by atoms with Crippen molar-refractivity contribution < 1.29 is 19.4 Å². The molecule has 6 heteroatoms. The van der Waals surface area contributed by atoms with Crippen LogP contribution in [0.4, 0.5) is 0 Å². The lowest BCUT2D eigenvalue weighted by atomic mass is 9.74. The Morgan fingerprint density at radius 2 is 2.16 bits per heavy atom. The Morgan fingerprint density at radius 1 is 1.32 bits per heavy atom. The number of hydrogen-bond donors (Lipinski definition) is 1. The molecule has 1 aromatic heterocycles. The number of hydrogen-bond acceptors (Lipinski definition) is 4. The van der Waals surface area contributed by atoms with Crippen LogP contribution in [0.15, 0.2) is 41.1 Å². The molecule has 2 atom stereocenters. The van der Waals surface area contributed by atoms with Crippen LogP contribution in [0.1, 0.15) is 11.1 Å². The minimum Gasteiger partial charge on any atom is -0.493 e. The molecule has 0 radical (unpaired) electrons. The van der Waals surface area contributed by atoms with Gasteiger partial charge in [-0.15, -0.1) is 0 Å². The van der Waals surface area contributed by atoms with Crippen molar-refractivity contribution in [1.82, 2.24) is 4.90 Å². The molecule has 0 aliphatic carbocycles. The van der Waals surface area contributed by atoms with Gasteiger partial charge in [0, 0.05) is 19.0 Å². The average Bonchev–Trinajstić information content (AvgIpc) is 3.20. The predicted octanol–water partition coefficient (Wildman–Crippen LogP) is 2.46. The van der Waals surface area contributed by atoms with E-state index in [9.17, 15) is 14.7 Å². The first kappa shape index (κ1) is 16.1. The monoisotopic (exact) mass is 357 g/mol. The number of fused-ring (bicyclic) bond motifs is 2. The number of benzene rings is 1. The molecule has 2 aliphatic rings.